The maximum atomic E-state index is 5.85. The standard InChI is InChI=1S/C28H48O/c1-4-6-8-9-10-11-12-13-25-14-16-26(17-15-25)18-19-27-20-21-28(23-24(27)3)29-22-7-5-2/h20-21,23,25-26H,4-19,22H2,1-3H3. The highest BCUT2D eigenvalue weighted by Crippen LogP contribution is 2.34. The fourth-order valence-corrected chi connectivity index (χ4v) is 4.93. The van der Waals surface area contributed by atoms with Crippen LogP contribution in [0.3, 0.4) is 0 Å². The molecule has 1 saturated carbocycles. The summed E-state index contributed by atoms with van der Waals surface area (Å²) >= 11 is 0. The Kier molecular flexibility index (Phi) is 12.5. The zero-order chi connectivity index (χ0) is 20.7. The van der Waals surface area contributed by atoms with E-state index in [0.29, 0.717) is 0 Å². The van der Waals surface area contributed by atoms with E-state index >= 15 is 0 Å². The van der Waals surface area contributed by atoms with Crippen molar-refractivity contribution in [3.05, 3.63) is 29.3 Å². The molecule has 1 aromatic rings. The molecule has 0 saturated heterocycles. The van der Waals surface area contributed by atoms with Crippen molar-refractivity contribution in [1.29, 1.82) is 0 Å². The predicted molar refractivity (Wildman–Crippen MR) is 128 cm³/mol. The number of unbranched alkanes of at least 4 members (excludes halogenated alkanes) is 7. The second-order valence-electron chi connectivity index (χ2n) is 9.63. The van der Waals surface area contributed by atoms with Gasteiger partial charge in [-0.15, -0.1) is 0 Å². The van der Waals surface area contributed by atoms with Crippen molar-refractivity contribution in [1.82, 2.24) is 0 Å². The quantitative estimate of drug-likeness (QED) is 0.267. The smallest absolute Gasteiger partial charge is 0.119 e. The van der Waals surface area contributed by atoms with E-state index in [4.69, 9.17) is 4.74 Å². The van der Waals surface area contributed by atoms with Gasteiger partial charge < -0.3 is 4.74 Å². The van der Waals surface area contributed by atoms with Gasteiger partial charge in [0.15, 0.2) is 0 Å². The third kappa shape index (κ3) is 10.1. The van der Waals surface area contributed by atoms with Crippen LogP contribution in [0.1, 0.15) is 121 Å². The lowest BCUT2D eigenvalue weighted by Crippen LogP contribution is -2.15. The van der Waals surface area contributed by atoms with Gasteiger partial charge in [0.1, 0.15) is 5.75 Å². The second-order valence-corrected chi connectivity index (χ2v) is 9.63. The molecule has 1 heteroatoms. The average molecular weight is 401 g/mol. The summed E-state index contributed by atoms with van der Waals surface area (Å²) in [4.78, 5) is 0. The Labute approximate surface area is 182 Å². The van der Waals surface area contributed by atoms with Gasteiger partial charge in [0.25, 0.3) is 0 Å². The number of rotatable bonds is 15. The molecule has 0 aromatic heterocycles. The van der Waals surface area contributed by atoms with Gasteiger partial charge in [-0.2, -0.15) is 0 Å². The molecule has 1 aromatic carbocycles. The second kappa shape index (κ2) is 14.9. The summed E-state index contributed by atoms with van der Waals surface area (Å²) in [5.41, 5.74) is 2.93. The first kappa shape index (κ1) is 24.3. The molecule has 1 fully saturated rings. The first-order valence-electron chi connectivity index (χ1n) is 12.9. The highest BCUT2D eigenvalue weighted by atomic mass is 16.5. The summed E-state index contributed by atoms with van der Waals surface area (Å²) in [6.07, 6.45) is 22.5. The van der Waals surface area contributed by atoms with Crippen molar-refractivity contribution in [2.24, 2.45) is 11.8 Å². The Morgan fingerprint density at radius 1 is 0.759 bits per heavy atom. The Balaban J connectivity index is 1.57. The van der Waals surface area contributed by atoms with Crippen molar-refractivity contribution in [2.75, 3.05) is 6.61 Å². The molecular formula is C28H48O. The normalized spacial score (nSPS) is 19.4. The summed E-state index contributed by atoms with van der Waals surface area (Å²) in [6, 6.07) is 6.73. The van der Waals surface area contributed by atoms with Crippen molar-refractivity contribution in [3.8, 4) is 5.75 Å². The summed E-state index contributed by atoms with van der Waals surface area (Å²) in [7, 11) is 0. The summed E-state index contributed by atoms with van der Waals surface area (Å²) < 4.78 is 5.85. The van der Waals surface area contributed by atoms with Crippen LogP contribution in [0.4, 0.5) is 0 Å². The molecule has 0 radical (unpaired) electrons. The Morgan fingerprint density at radius 2 is 1.38 bits per heavy atom. The molecule has 0 heterocycles. The fraction of sp³-hybridized carbons (Fsp3) is 0.786. The van der Waals surface area contributed by atoms with E-state index in [0.717, 1.165) is 30.6 Å². The van der Waals surface area contributed by atoms with Crippen molar-refractivity contribution < 1.29 is 4.74 Å². The largest absolute Gasteiger partial charge is 0.494 e. The van der Waals surface area contributed by atoms with Crippen LogP contribution in [-0.4, -0.2) is 6.61 Å². The van der Waals surface area contributed by atoms with Gasteiger partial charge in [-0.25, -0.2) is 0 Å². The first-order chi connectivity index (χ1) is 14.2. The molecule has 2 rings (SSSR count). The highest BCUT2D eigenvalue weighted by Gasteiger charge is 2.20. The number of ether oxygens (including phenoxy) is 1. The van der Waals surface area contributed by atoms with Gasteiger partial charge in [0.05, 0.1) is 6.61 Å². The van der Waals surface area contributed by atoms with E-state index in [1.54, 1.807) is 0 Å². The minimum absolute atomic E-state index is 0.845. The SMILES string of the molecule is CCCCCCCCCC1CCC(CCc2ccc(OCCCC)cc2C)CC1. The Hall–Kier alpha value is -0.980. The molecule has 0 aliphatic heterocycles. The number of hydrogen-bond donors (Lipinski definition) is 0. The molecule has 0 N–H and O–H groups in total. The van der Waals surface area contributed by atoms with Crippen LogP contribution >= 0.6 is 0 Å². The van der Waals surface area contributed by atoms with Crippen LogP contribution < -0.4 is 4.74 Å². The first-order valence-corrected chi connectivity index (χ1v) is 12.9. The molecular weight excluding hydrogens is 352 g/mol. The van der Waals surface area contributed by atoms with Crippen molar-refractivity contribution in [2.45, 2.75) is 124 Å². The van der Waals surface area contributed by atoms with Crippen LogP contribution in [0.5, 0.6) is 5.75 Å². The zero-order valence-electron chi connectivity index (χ0n) is 19.8. The van der Waals surface area contributed by atoms with E-state index in [-0.39, 0.29) is 0 Å². The van der Waals surface area contributed by atoms with Crippen LogP contribution in [0, 0.1) is 18.8 Å². The third-order valence-electron chi connectivity index (χ3n) is 7.08. The van der Waals surface area contributed by atoms with Crippen LogP contribution in [0.15, 0.2) is 18.2 Å². The summed E-state index contributed by atoms with van der Waals surface area (Å²) in [6.45, 7) is 7.61. The molecule has 29 heavy (non-hydrogen) atoms. The van der Waals surface area contributed by atoms with Crippen LogP contribution in [0.2, 0.25) is 0 Å². The zero-order valence-corrected chi connectivity index (χ0v) is 19.8. The third-order valence-corrected chi connectivity index (χ3v) is 7.08. The van der Waals surface area contributed by atoms with Crippen molar-refractivity contribution in [3.63, 3.8) is 0 Å². The lowest BCUT2D eigenvalue weighted by molar-refractivity contribution is 0.248. The van der Waals surface area contributed by atoms with Crippen molar-refractivity contribution >= 4 is 0 Å². The van der Waals surface area contributed by atoms with Crippen LogP contribution in [0.25, 0.3) is 0 Å². The van der Waals surface area contributed by atoms with E-state index in [1.807, 2.05) is 0 Å². The summed E-state index contributed by atoms with van der Waals surface area (Å²) in [5.74, 6) is 3.04. The van der Waals surface area contributed by atoms with Crippen LogP contribution in [-0.2, 0) is 6.42 Å². The monoisotopic (exact) mass is 400 g/mol. The number of aryl methyl sites for hydroxylation is 2. The lowest BCUT2D eigenvalue weighted by atomic mass is 9.77. The van der Waals surface area contributed by atoms with E-state index < -0.39 is 0 Å². The fourth-order valence-electron chi connectivity index (χ4n) is 4.93. The maximum absolute atomic E-state index is 5.85. The molecule has 0 spiro atoms. The van der Waals surface area contributed by atoms with Gasteiger partial charge in [0, 0.05) is 0 Å². The molecule has 166 valence electrons. The van der Waals surface area contributed by atoms with Gasteiger partial charge in [-0.05, 0) is 61.3 Å². The molecule has 0 unspecified atom stereocenters. The number of hydrogen-bond acceptors (Lipinski definition) is 1. The number of benzene rings is 1. The van der Waals surface area contributed by atoms with Gasteiger partial charge in [-0.3, -0.25) is 0 Å². The summed E-state index contributed by atoms with van der Waals surface area (Å²) in [5, 5.41) is 0. The lowest BCUT2D eigenvalue weighted by Gasteiger charge is -2.28. The van der Waals surface area contributed by atoms with E-state index in [1.165, 1.54) is 107 Å². The average Bonchev–Trinajstić information content (AvgIpc) is 2.73. The molecule has 1 aliphatic rings. The minimum atomic E-state index is 0.845. The topological polar surface area (TPSA) is 9.23 Å². The Morgan fingerprint density at radius 3 is 2.03 bits per heavy atom. The molecule has 1 aliphatic carbocycles. The molecule has 0 bridgehead atoms. The van der Waals surface area contributed by atoms with E-state index in [2.05, 4.69) is 39.0 Å². The highest BCUT2D eigenvalue weighted by molar-refractivity contribution is 5.34. The maximum Gasteiger partial charge on any atom is 0.119 e. The van der Waals surface area contributed by atoms with E-state index in [9.17, 15) is 0 Å². The Bertz CT molecular complexity index is 527. The minimum Gasteiger partial charge on any atom is -0.494 e. The molecule has 1 nitrogen and oxygen atoms in total. The molecule has 0 atom stereocenters. The molecule has 0 amide bonds. The predicted octanol–water partition coefficient (Wildman–Crippen LogP) is 9.05. The van der Waals surface area contributed by atoms with Gasteiger partial charge in [0.2, 0.25) is 0 Å². The van der Waals surface area contributed by atoms with Gasteiger partial charge in [-0.1, -0.05) is 103 Å². The van der Waals surface area contributed by atoms with Gasteiger partial charge >= 0.3 is 0 Å².